The Hall–Kier alpha value is -3.20. The highest BCUT2D eigenvalue weighted by molar-refractivity contribution is 5.96. The van der Waals surface area contributed by atoms with Crippen molar-refractivity contribution >= 4 is 11.5 Å². The molecule has 0 unspecified atom stereocenters. The van der Waals surface area contributed by atoms with Gasteiger partial charge in [0.05, 0.1) is 0 Å². The number of hydrogen-bond donors (Lipinski definition) is 3. The van der Waals surface area contributed by atoms with Crippen LogP contribution in [-0.4, -0.2) is 11.5 Å². The average molecular weight is 341 g/mol. The zero-order chi connectivity index (χ0) is 18.5. The van der Waals surface area contributed by atoms with Crippen molar-refractivity contribution in [3.8, 4) is 11.1 Å². The maximum absolute atomic E-state index is 7.65. The molecule has 3 nitrogen and oxygen atoms in total. The van der Waals surface area contributed by atoms with Crippen LogP contribution in [0.5, 0.6) is 0 Å². The van der Waals surface area contributed by atoms with Gasteiger partial charge < -0.3 is 11.1 Å². The van der Waals surface area contributed by atoms with Crippen LogP contribution in [0.1, 0.15) is 29.2 Å². The number of rotatable bonds is 6. The van der Waals surface area contributed by atoms with Gasteiger partial charge in [-0.3, -0.25) is 5.41 Å². The SMILES string of the molecule is CC(=N)c1ccc(CCc2ccc(-c3ccc(C(=N)N)cc3)cc2)cc1. The van der Waals surface area contributed by atoms with Gasteiger partial charge in [-0.05, 0) is 47.6 Å². The van der Waals surface area contributed by atoms with Crippen molar-refractivity contribution in [3.63, 3.8) is 0 Å². The van der Waals surface area contributed by atoms with Gasteiger partial charge in [-0.1, -0.05) is 72.8 Å². The largest absolute Gasteiger partial charge is 0.384 e. The molecule has 0 aliphatic carbocycles. The molecule has 0 radical (unpaired) electrons. The molecule has 3 rings (SSSR count). The van der Waals surface area contributed by atoms with E-state index in [2.05, 4.69) is 36.4 Å². The van der Waals surface area contributed by atoms with Crippen molar-refractivity contribution < 1.29 is 0 Å². The molecule has 0 spiro atoms. The maximum atomic E-state index is 7.65. The molecule has 0 aliphatic heterocycles. The molecule has 0 heterocycles. The molecule has 0 bridgehead atoms. The van der Waals surface area contributed by atoms with Crippen molar-refractivity contribution in [3.05, 3.63) is 95.1 Å². The molecule has 3 aromatic rings. The number of aryl methyl sites for hydroxylation is 2. The Kier molecular flexibility index (Phi) is 5.28. The lowest BCUT2D eigenvalue weighted by molar-refractivity contribution is 0.960. The summed E-state index contributed by atoms with van der Waals surface area (Å²) in [6.07, 6.45) is 1.98. The summed E-state index contributed by atoms with van der Waals surface area (Å²) >= 11 is 0. The average Bonchev–Trinajstić information content (AvgIpc) is 2.67. The number of hydrogen-bond acceptors (Lipinski definition) is 2. The van der Waals surface area contributed by atoms with Gasteiger partial charge in [-0.25, -0.2) is 0 Å². The Morgan fingerprint density at radius 1 is 0.654 bits per heavy atom. The lowest BCUT2D eigenvalue weighted by Gasteiger charge is -2.07. The van der Waals surface area contributed by atoms with Crippen molar-refractivity contribution in [1.29, 1.82) is 10.8 Å². The monoisotopic (exact) mass is 341 g/mol. The third-order valence-corrected chi connectivity index (χ3v) is 4.57. The second-order valence-corrected chi connectivity index (χ2v) is 6.51. The summed E-state index contributed by atoms with van der Waals surface area (Å²) < 4.78 is 0. The summed E-state index contributed by atoms with van der Waals surface area (Å²) in [5, 5.41) is 15.1. The summed E-state index contributed by atoms with van der Waals surface area (Å²) in [6, 6.07) is 24.6. The van der Waals surface area contributed by atoms with Crippen molar-refractivity contribution in [2.24, 2.45) is 5.73 Å². The van der Waals surface area contributed by atoms with Gasteiger partial charge in [0.25, 0.3) is 0 Å². The molecular weight excluding hydrogens is 318 g/mol. The molecule has 26 heavy (non-hydrogen) atoms. The number of benzene rings is 3. The lowest BCUT2D eigenvalue weighted by atomic mass is 9.99. The lowest BCUT2D eigenvalue weighted by Crippen LogP contribution is -2.10. The number of amidine groups is 1. The Labute approximate surface area is 154 Å². The number of nitrogens with one attached hydrogen (secondary N) is 2. The zero-order valence-electron chi connectivity index (χ0n) is 14.9. The predicted octanol–water partition coefficient (Wildman–Crippen LogP) is 4.81. The fourth-order valence-electron chi connectivity index (χ4n) is 2.92. The minimum Gasteiger partial charge on any atom is -0.384 e. The molecule has 0 saturated heterocycles. The fourth-order valence-corrected chi connectivity index (χ4v) is 2.92. The third kappa shape index (κ3) is 4.25. The Morgan fingerprint density at radius 2 is 1.04 bits per heavy atom. The minimum atomic E-state index is 0.0932. The van der Waals surface area contributed by atoms with Crippen LogP contribution < -0.4 is 5.73 Å². The minimum absolute atomic E-state index is 0.0932. The Morgan fingerprint density at radius 3 is 1.46 bits per heavy atom. The van der Waals surface area contributed by atoms with Crippen molar-refractivity contribution in [1.82, 2.24) is 0 Å². The molecule has 0 atom stereocenters. The van der Waals surface area contributed by atoms with Gasteiger partial charge in [0, 0.05) is 11.3 Å². The van der Waals surface area contributed by atoms with E-state index >= 15 is 0 Å². The highest BCUT2D eigenvalue weighted by atomic mass is 14.7. The van der Waals surface area contributed by atoms with Gasteiger partial charge in [0.1, 0.15) is 5.84 Å². The van der Waals surface area contributed by atoms with Crippen LogP contribution in [0.4, 0.5) is 0 Å². The van der Waals surface area contributed by atoms with Crippen LogP contribution in [0.25, 0.3) is 11.1 Å². The molecule has 0 amide bonds. The molecule has 3 heteroatoms. The van der Waals surface area contributed by atoms with Crippen LogP contribution in [0.2, 0.25) is 0 Å². The topological polar surface area (TPSA) is 73.7 Å². The molecule has 0 saturated carbocycles. The molecule has 0 fully saturated rings. The van der Waals surface area contributed by atoms with E-state index < -0.39 is 0 Å². The Bertz CT molecular complexity index is 905. The van der Waals surface area contributed by atoms with E-state index in [1.165, 1.54) is 11.1 Å². The number of nitrogens with two attached hydrogens (primary N) is 1. The molecular formula is C23H23N3. The molecule has 130 valence electrons. The van der Waals surface area contributed by atoms with E-state index in [0.29, 0.717) is 5.71 Å². The summed E-state index contributed by atoms with van der Waals surface area (Å²) in [6.45, 7) is 1.81. The Balaban J connectivity index is 1.64. The van der Waals surface area contributed by atoms with E-state index in [9.17, 15) is 0 Å². The van der Waals surface area contributed by atoms with E-state index in [0.717, 1.165) is 35.1 Å². The van der Waals surface area contributed by atoms with Gasteiger partial charge in [0.15, 0.2) is 0 Å². The first-order valence-corrected chi connectivity index (χ1v) is 8.71. The van der Waals surface area contributed by atoms with Crippen LogP contribution in [0.15, 0.2) is 72.8 Å². The quantitative estimate of drug-likeness (QED) is 0.437. The van der Waals surface area contributed by atoms with Crippen molar-refractivity contribution in [2.45, 2.75) is 19.8 Å². The smallest absolute Gasteiger partial charge is 0.122 e. The van der Waals surface area contributed by atoms with E-state index in [4.69, 9.17) is 16.6 Å². The second kappa shape index (κ2) is 7.79. The van der Waals surface area contributed by atoms with Gasteiger partial charge in [-0.2, -0.15) is 0 Å². The van der Waals surface area contributed by atoms with E-state index in [1.807, 2.05) is 43.3 Å². The molecule has 3 aromatic carbocycles. The van der Waals surface area contributed by atoms with Gasteiger partial charge in [0.2, 0.25) is 0 Å². The summed E-state index contributed by atoms with van der Waals surface area (Å²) in [5.74, 6) is 0.0932. The summed E-state index contributed by atoms with van der Waals surface area (Å²) in [7, 11) is 0. The van der Waals surface area contributed by atoms with Gasteiger partial charge >= 0.3 is 0 Å². The normalized spacial score (nSPS) is 10.5. The first-order valence-electron chi connectivity index (χ1n) is 8.71. The highest BCUT2D eigenvalue weighted by Crippen LogP contribution is 2.21. The third-order valence-electron chi connectivity index (χ3n) is 4.57. The molecule has 4 N–H and O–H groups in total. The van der Waals surface area contributed by atoms with Crippen LogP contribution in [0, 0.1) is 10.8 Å². The highest BCUT2D eigenvalue weighted by Gasteiger charge is 2.02. The molecule has 0 aromatic heterocycles. The van der Waals surface area contributed by atoms with Crippen LogP contribution in [0.3, 0.4) is 0 Å². The standard InChI is InChI=1S/C23H23N3/c1-16(24)19-8-4-17(5-9-19)2-3-18-6-10-20(11-7-18)21-12-14-22(15-13-21)23(25)26/h4-15,24H,2-3H2,1H3,(H3,25,26). The van der Waals surface area contributed by atoms with Gasteiger partial charge in [-0.15, -0.1) is 0 Å². The predicted molar refractivity (Wildman–Crippen MR) is 109 cm³/mol. The van der Waals surface area contributed by atoms with E-state index in [1.54, 1.807) is 0 Å². The van der Waals surface area contributed by atoms with Crippen molar-refractivity contribution in [2.75, 3.05) is 0 Å². The van der Waals surface area contributed by atoms with E-state index in [-0.39, 0.29) is 5.84 Å². The van der Waals surface area contributed by atoms with Crippen LogP contribution in [-0.2, 0) is 12.8 Å². The summed E-state index contributed by atoms with van der Waals surface area (Å²) in [5.41, 5.74) is 12.7. The fraction of sp³-hybridized carbons (Fsp3) is 0.130. The number of nitrogen functional groups attached to an aromatic ring is 1. The summed E-state index contributed by atoms with van der Waals surface area (Å²) in [4.78, 5) is 0. The van der Waals surface area contributed by atoms with Crippen LogP contribution >= 0.6 is 0 Å². The zero-order valence-corrected chi connectivity index (χ0v) is 14.9. The maximum Gasteiger partial charge on any atom is 0.122 e. The second-order valence-electron chi connectivity index (χ2n) is 6.51. The molecule has 0 aliphatic rings. The first kappa shape index (κ1) is 17.6. The first-order chi connectivity index (χ1) is 12.5.